The molecule has 0 radical (unpaired) electrons. The molecule has 1 saturated heterocycles. The molecule has 0 atom stereocenters. The van der Waals surface area contributed by atoms with E-state index in [4.69, 9.17) is 4.42 Å². The van der Waals surface area contributed by atoms with Crippen LogP contribution in [-0.2, 0) is 9.84 Å². The van der Waals surface area contributed by atoms with Gasteiger partial charge in [-0.05, 0) is 42.3 Å². The molecule has 1 aliphatic heterocycles. The van der Waals surface area contributed by atoms with Gasteiger partial charge in [-0.3, -0.25) is 4.90 Å². The van der Waals surface area contributed by atoms with Crippen molar-refractivity contribution >= 4 is 15.7 Å². The third kappa shape index (κ3) is 5.18. The van der Waals surface area contributed by atoms with Gasteiger partial charge in [0.25, 0.3) is 0 Å². The van der Waals surface area contributed by atoms with Gasteiger partial charge in [0.2, 0.25) is 26.6 Å². The summed E-state index contributed by atoms with van der Waals surface area (Å²) in [6.45, 7) is 4.68. The second kappa shape index (κ2) is 11.1. The zero-order valence-corrected chi connectivity index (χ0v) is 23.2. The predicted octanol–water partition coefficient (Wildman–Crippen LogP) is 6.39. The normalized spacial score (nSPS) is 14.5. The van der Waals surface area contributed by atoms with E-state index in [0.29, 0.717) is 24.9 Å². The summed E-state index contributed by atoms with van der Waals surface area (Å²) >= 11 is 0. The minimum absolute atomic E-state index is 0.0358. The quantitative estimate of drug-likeness (QED) is 0.234. The molecule has 7 heteroatoms. The number of aryl methyl sites for hydroxylation is 1. The van der Waals surface area contributed by atoms with Gasteiger partial charge >= 0.3 is 0 Å². The summed E-state index contributed by atoms with van der Waals surface area (Å²) in [7, 11) is -3.89. The van der Waals surface area contributed by atoms with Crippen molar-refractivity contribution in [2.24, 2.45) is 0 Å². The van der Waals surface area contributed by atoms with Gasteiger partial charge in [0.15, 0.2) is 0 Å². The minimum Gasteiger partial charge on any atom is -0.419 e. The lowest BCUT2D eigenvalue weighted by Gasteiger charge is -2.39. The number of rotatable bonds is 7. The number of hydrogen-bond acceptors (Lipinski definition) is 6. The van der Waals surface area contributed by atoms with Crippen LogP contribution in [0.15, 0.2) is 130 Å². The molecule has 40 heavy (non-hydrogen) atoms. The lowest BCUT2D eigenvalue weighted by atomic mass is 9.96. The maximum atomic E-state index is 13.8. The maximum absolute atomic E-state index is 13.8. The number of aromatic nitrogens is 1. The molecule has 1 aliphatic rings. The Bertz CT molecular complexity index is 1640. The first kappa shape index (κ1) is 26.0. The van der Waals surface area contributed by atoms with Crippen LogP contribution in [0.1, 0.15) is 22.7 Å². The number of anilines is 1. The molecule has 5 aromatic rings. The van der Waals surface area contributed by atoms with Crippen molar-refractivity contribution in [3.63, 3.8) is 0 Å². The second-order valence-corrected chi connectivity index (χ2v) is 11.9. The summed E-state index contributed by atoms with van der Waals surface area (Å²) in [5.74, 6) is 0.609. The number of sulfone groups is 1. The Morgan fingerprint density at radius 1 is 0.725 bits per heavy atom. The van der Waals surface area contributed by atoms with Gasteiger partial charge in [-0.2, -0.15) is 4.98 Å². The van der Waals surface area contributed by atoms with E-state index in [1.807, 2.05) is 48.2 Å². The van der Waals surface area contributed by atoms with E-state index in [2.05, 4.69) is 58.4 Å². The van der Waals surface area contributed by atoms with E-state index < -0.39 is 9.84 Å². The summed E-state index contributed by atoms with van der Waals surface area (Å²) < 4.78 is 33.9. The largest absolute Gasteiger partial charge is 0.419 e. The van der Waals surface area contributed by atoms with Crippen molar-refractivity contribution in [2.45, 2.75) is 22.9 Å². The van der Waals surface area contributed by atoms with Gasteiger partial charge in [0, 0.05) is 31.7 Å². The van der Waals surface area contributed by atoms with E-state index in [9.17, 15) is 8.42 Å². The Hall–Kier alpha value is -4.20. The fourth-order valence-electron chi connectivity index (χ4n) is 5.35. The van der Waals surface area contributed by atoms with Crippen molar-refractivity contribution in [1.82, 2.24) is 9.88 Å². The molecule has 2 heterocycles. The number of nitrogens with zero attached hydrogens (tertiary/aromatic N) is 3. The topological polar surface area (TPSA) is 66.7 Å². The van der Waals surface area contributed by atoms with Crippen LogP contribution in [0.4, 0.5) is 5.88 Å². The third-order valence-electron chi connectivity index (χ3n) is 7.35. The van der Waals surface area contributed by atoms with Gasteiger partial charge in [-0.25, -0.2) is 8.42 Å². The van der Waals surface area contributed by atoms with Crippen molar-refractivity contribution < 1.29 is 12.8 Å². The molecule has 1 aromatic heterocycles. The molecular weight excluding hydrogens is 518 g/mol. The van der Waals surface area contributed by atoms with E-state index in [1.165, 1.54) is 11.1 Å². The lowest BCUT2D eigenvalue weighted by Crippen LogP contribution is -2.48. The number of benzene rings is 4. The molecule has 0 unspecified atom stereocenters. The highest BCUT2D eigenvalue weighted by atomic mass is 32.2. The second-order valence-electron chi connectivity index (χ2n) is 10.1. The standard InChI is InChI=1S/C33H31N3O3S/c1-25-12-11-17-28(24-25)31-34-32(40(37,38)29-18-9-4-10-19-29)33(39-31)36-22-20-35(21-23-36)30(26-13-5-2-6-14-26)27-15-7-3-8-16-27/h2-19,24,30H,20-23H2,1H3. The van der Waals surface area contributed by atoms with Crippen LogP contribution in [0.2, 0.25) is 0 Å². The molecule has 6 nitrogen and oxygen atoms in total. The van der Waals surface area contributed by atoms with Crippen LogP contribution < -0.4 is 4.90 Å². The Morgan fingerprint density at radius 2 is 1.30 bits per heavy atom. The van der Waals surface area contributed by atoms with Crippen LogP contribution in [0.3, 0.4) is 0 Å². The Balaban J connectivity index is 1.34. The van der Waals surface area contributed by atoms with E-state index in [-0.39, 0.29) is 16.0 Å². The Labute approximate surface area is 235 Å². The molecule has 4 aromatic carbocycles. The van der Waals surface area contributed by atoms with Crippen molar-refractivity contribution in [3.05, 3.63) is 132 Å². The zero-order chi connectivity index (χ0) is 27.5. The molecule has 0 aliphatic carbocycles. The highest BCUT2D eigenvalue weighted by molar-refractivity contribution is 7.91. The number of oxazole rings is 1. The molecule has 6 rings (SSSR count). The first-order valence-electron chi connectivity index (χ1n) is 13.5. The smallest absolute Gasteiger partial charge is 0.236 e. The summed E-state index contributed by atoms with van der Waals surface area (Å²) in [4.78, 5) is 9.25. The molecule has 0 N–H and O–H groups in total. The molecular formula is C33H31N3O3S. The Morgan fingerprint density at radius 3 is 1.88 bits per heavy atom. The average molecular weight is 550 g/mol. The summed E-state index contributed by atoms with van der Waals surface area (Å²) in [6, 6.07) is 37.3. The van der Waals surface area contributed by atoms with Crippen molar-refractivity contribution in [1.29, 1.82) is 0 Å². The van der Waals surface area contributed by atoms with Gasteiger partial charge in [0.1, 0.15) is 0 Å². The third-order valence-corrected chi connectivity index (χ3v) is 9.02. The summed E-state index contributed by atoms with van der Waals surface area (Å²) in [6.07, 6.45) is 0. The van der Waals surface area contributed by atoms with E-state index in [1.54, 1.807) is 30.3 Å². The Kier molecular flexibility index (Phi) is 7.24. The van der Waals surface area contributed by atoms with Crippen LogP contribution in [0.5, 0.6) is 0 Å². The van der Waals surface area contributed by atoms with Crippen LogP contribution in [-0.4, -0.2) is 44.5 Å². The van der Waals surface area contributed by atoms with Crippen LogP contribution in [0, 0.1) is 6.92 Å². The van der Waals surface area contributed by atoms with Crippen molar-refractivity contribution in [2.75, 3.05) is 31.1 Å². The fraction of sp³-hybridized carbons (Fsp3) is 0.182. The molecule has 0 bridgehead atoms. The molecule has 1 fully saturated rings. The summed E-state index contributed by atoms with van der Waals surface area (Å²) in [5.41, 5.74) is 4.26. The summed E-state index contributed by atoms with van der Waals surface area (Å²) in [5, 5.41) is -0.0358. The number of hydrogen-bond donors (Lipinski definition) is 0. The van der Waals surface area contributed by atoms with Gasteiger partial charge in [0.05, 0.1) is 10.9 Å². The van der Waals surface area contributed by atoms with E-state index in [0.717, 1.165) is 24.2 Å². The molecule has 0 amide bonds. The lowest BCUT2D eigenvalue weighted by molar-refractivity contribution is 0.209. The number of piperazine rings is 1. The first-order valence-corrected chi connectivity index (χ1v) is 15.0. The highest BCUT2D eigenvalue weighted by Crippen LogP contribution is 2.36. The maximum Gasteiger partial charge on any atom is 0.236 e. The molecule has 0 saturated carbocycles. The van der Waals surface area contributed by atoms with Crippen LogP contribution in [0.25, 0.3) is 11.5 Å². The van der Waals surface area contributed by atoms with Gasteiger partial charge in [-0.1, -0.05) is 96.6 Å². The minimum atomic E-state index is -3.89. The van der Waals surface area contributed by atoms with Gasteiger partial charge < -0.3 is 9.32 Å². The average Bonchev–Trinajstić information content (AvgIpc) is 3.46. The van der Waals surface area contributed by atoms with E-state index >= 15 is 0 Å². The highest BCUT2D eigenvalue weighted by Gasteiger charge is 2.34. The van der Waals surface area contributed by atoms with Gasteiger partial charge in [-0.15, -0.1) is 0 Å². The monoisotopic (exact) mass is 549 g/mol. The van der Waals surface area contributed by atoms with Crippen molar-refractivity contribution in [3.8, 4) is 11.5 Å². The molecule has 0 spiro atoms. The fourth-order valence-corrected chi connectivity index (χ4v) is 6.70. The zero-order valence-electron chi connectivity index (χ0n) is 22.4. The predicted molar refractivity (Wildman–Crippen MR) is 157 cm³/mol. The van der Waals surface area contributed by atoms with Crippen LogP contribution >= 0.6 is 0 Å². The first-order chi connectivity index (χ1) is 19.5. The SMILES string of the molecule is Cc1cccc(-c2nc(S(=O)(=O)c3ccccc3)c(N3CCN(C(c4ccccc4)c4ccccc4)CC3)o2)c1. The molecule has 202 valence electrons.